The van der Waals surface area contributed by atoms with Crippen molar-refractivity contribution < 1.29 is 14.7 Å². The third-order valence-corrected chi connectivity index (χ3v) is 2.93. The normalized spacial score (nSPS) is 14.0. The molecule has 0 aliphatic carbocycles. The van der Waals surface area contributed by atoms with Gasteiger partial charge in [-0.15, -0.1) is 0 Å². The van der Waals surface area contributed by atoms with Crippen LogP contribution >= 0.6 is 0 Å². The Morgan fingerprint density at radius 1 is 1.50 bits per heavy atom. The fraction of sp³-hybridized carbons (Fsp3) is 0.583. The number of aryl methyl sites for hydroxylation is 1. The molecule has 0 fully saturated rings. The van der Waals surface area contributed by atoms with E-state index in [1.807, 2.05) is 6.92 Å². The quantitative estimate of drug-likeness (QED) is 0.561. The van der Waals surface area contributed by atoms with Crippen molar-refractivity contribution >= 4 is 11.7 Å². The van der Waals surface area contributed by atoms with Gasteiger partial charge in [0, 0.05) is 25.4 Å². The number of carbonyl (C=O) groups is 2. The van der Waals surface area contributed by atoms with Crippen LogP contribution in [0, 0.1) is 5.92 Å². The molecule has 18 heavy (non-hydrogen) atoms. The maximum Gasteiger partial charge on any atom is 0.292 e. The molecule has 1 aromatic rings. The number of ketones is 1. The van der Waals surface area contributed by atoms with Gasteiger partial charge in [0.2, 0.25) is 0 Å². The molecule has 2 N–H and O–H groups in total. The number of aromatic nitrogens is 2. The topological polar surface area (TPSA) is 84.2 Å². The number of hydrogen-bond acceptors (Lipinski definition) is 4. The Morgan fingerprint density at radius 3 is 2.67 bits per heavy atom. The van der Waals surface area contributed by atoms with Crippen molar-refractivity contribution in [2.24, 2.45) is 5.92 Å². The van der Waals surface area contributed by atoms with Crippen LogP contribution in [0.2, 0.25) is 0 Å². The van der Waals surface area contributed by atoms with Gasteiger partial charge in [0.1, 0.15) is 0 Å². The average Bonchev–Trinajstić information content (AvgIpc) is 2.85. The van der Waals surface area contributed by atoms with Crippen LogP contribution < -0.4 is 5.32 Å². The summed E-state index contributed by atoms with van der Waals surface area (Å²) in [6, 6.07) is -0.257. The zero-order valence-corrected chi connectivity index (χ0v) is 10.9. The van der Waals surface area contributed by atoms with Crippen molar-refractivity contribution in [2.75, 3.05) is 6.61 Å². The molecule has 0 aliphatic rings. The molecule has 1 rings (SSSR count). The smallest absolute Gasteiger partial charge is 0.292 e. The second-order valence-electron chi connectivity index (χ2n) is 4.34. The van der Waals surface area contributed by atoms with Crippen LogP contribution in [0.5, 0.6) is 0 Å². The summed E-state index contributed by atoms with van der Waals surface area (Å²) in [4.78, 5) is 23.5. The zero-order chi connectivity index (χ0) is 13.7. The summed E-state index contributed by atoms with van der Waals surface area (Å²) in [5, 5.41) is 15.5. The summed E-state index contributed by atoms with van der Waals surface area (Å²) < 4.78 is 1.58. The van der Waals surface area contributed by atoms with Gasteiger partial charge in [0.05, 0.1) is 11.8 Å². The van der Waals surface area contributed by atoms with Crippen LogP contribution in [-0.2, 0) is 11.3 Å². The second-order valence-corrected chi connectivity index (χ2v) is 4.34. The van der Waals surface area contributed by atoms with E-state index in [0.29, 0.717) is 6.54 Å². The first-order valence-electron chi connectivity index (χ1n) is 5.98. The lowest BCUT2D eigenvalue weighted by Gasteiger charge is -2.18. The first-order valence-corrected chi connectivity index (χ1v) is 5.98. The maximum atomic E-state index is 11.8. The fourth-order valence-electron chi connectivity index (χ4n) is 1.36. The molecular weight excluding hydrogens is 234 g/mol. The van der Waals surface area contributed by atoms with Gasteiger partial charge in [-0.25, -0.2) is 0 Å². The molecule has 0 aliphatic heterocycles. The third kappa shape index (κ3) is 3.40. The molecule has 100 valence electrons. The number of amides is 1. The molecule has 0 spiro atoms. The number of nitrogens with zero attached hydrogens (tertiary/aromatic N) is 2. The molecule has 1 amide bonds. The Hall–Kier alpha value is -1.69. The molecule has 6 heteroatoms. The molecule has 2 unspecified atom stereocenters. The largest absolute Gasteiger partial charge is 0.396 e. The Morgan fingerprint density at radius 2 is 2.17 bits per heavy atom. The molecule has 0 aromatic carbocycles. The van der Waals surface area contributed by atoms with E-state index in [1.54, 1.807) is 24.7 Å². The minimum Gasteiger partial charge on any atom is -0.396 e. The highest BCUT2D eigenvalue weighted by molar-refractivity contribution is 6.42. The number of carbonyl (C=O) groups excluding carboxylic acids is 2. The van der Waals surface area contributed by atoms with Crippen molar-refractivity contribution in [3.8, 4) is 0 Å². The third-order valence-electron chi connectivity index (χ3n) is 2.93. The van der Waals surface area contributed by atoms with Gasteiger partial charge in [-0.05, 0) is 19.8 Å². The number of aliphatic hydroxyl groups excluding tert-OH is 1. The number of hydrogen-bond donors (Lipinski definition) is 2. The van der Waals surface area contributed by atoms with Crippen LogP contribution in [0.25, 0.3) is 0 Å². The summed E-state index contributed by atoms with van der Waals surface area (Å²) in [7, 11) is 0. The highest BCUT2D eigenvalue weighted by atomic mass is 16.3. The van der Waals surface area contributed by atoms with E-state index < -0.39 is 11.7 Å². The number of Topliss-reactive ketones (excluding diaryl/α,β-unsaturated/α-hetero) is 1. The van der Waals surface area contributed by atoms with E-state index in [2.05, 4.69) is 10.4 Å². The summed E-state index contributed by atoms with van der Waals surface area (Å²) in [5.74, 6) is -1.37. The van der Waals surface area contributed by atoms with Gasteiger partial charge in [-0.1, -0.05) is 6.92 Å². The average molecular weight is 253 g/mol. The molecule has 0 saturated carbocycles. The monoisotopic (exact) mass is 253 g/mol. The highest BCUT2D eigenvalue weighted by Gasteiger charge is 2.21. The predicted molar refractivity (Wildman–Crippen MR) is 66.1 cm³/mol. The lowest BCUT2D eigenvalue weighted by atomic mass is 10.0. The van der Waals surface area contributed by atoms with Gasteiger partial charge in [0.25, 0.3) is 11.7 Å². The highest BCUT2D eigenvalue weighted by Crippen LogP contribution is 2.03. The van der Waals surface area contributed by atoms with Gasteiger partial charge in [0.15, 0.2) is 0 Å². The summed E-state index contributed by atoms with van der Waals surface area (Å²) in [5.41, 5.74) is 0.276. The van der Waals surface area contributed by atoms with Crippen molar-refractivity contribution in [1.82, 2.24) is 15.1 Å². The number of aliphatic hydroxyl groups is 1. The minimum atomic E-state index is -0.668. The second kappa shape index (κ2) is 6.30. The SMILES string of the molecule is CCn1cc(C(=O)C(=O)NC(C)C(C)CO)cn1. The maximum absolute atomic E-state index is 11.8. The lowest BCUT2D eigenvalue weighted by molar-refractivity contribution is -0.117. The van der Waals surface area contributed by atoms with Gasteiger partial charge in [-0.3, -0.25) is 14.3 Å². The van der Waals surface area contributed by atoms with Gasteiger partial charge in [-0.2, -0.15) is 5.10 Å². The van der Waals surface area contributed by atoms with E-state index >= 15 is 0 Å². The molecule has 0 radical (unpaired) electrons. The van der Waals surface area contributed by atoms with E-state index in [4.69, 9.17) is 5.11 Å². The van der Waals surface area contributed by atoms with Crippen LogP contribution in [-0.4, -0.2) is 39.2 Å². The molecule has 1 heterocycles. The van der Waals surface area contributed by atoms with Gasteiger partial charge >= 0.3 is 0 Å². The number of rotatable bonds is 6. The molecular formula is C12H19N3O3. The van der Waals surface area contributed by atoms with E-state index in [9.17, 15) is 9.59 Å². The number of nitrogens with one attached hydrogen (secondary N) is 1. The lowest BCUT2D eigenvalue weighted by Crippen LogP contribution is -2.41. The van der Waals surface area contributed by atoms with Gasteiger partial charge < -0.3 is 10.4 Å². The van der Waals surface area contributed by atoms with Crippen molar-refractivity contribution in [1.29, 1.82) is 0 Å². The summed E-state index contributed by atoms with van der Waals surface area (Å²) >= 11 is 0. The zero-order valence-electron chi connectivity index (χ0n) is 10.9. The van der Waals surface area contributed by atoms with Crippen LogP contribution in [0.3, 0.4) is 0 Å². The molecule has 6 nitrogen and oxygen atoms in total. The van der Waals surface area contributed by atoms with Crippen molar-refractivity contribution in [2.45, 2.75) is 33.4 Å². The van der Waals surface area contributed by atoms with E-state index in [-0.39, 0.29) is 24.1 Å². The Bertz CT molecular complexity index is 428. The molecule has 1 aromatic heterocycles. The van der Waals surface area contributed by atoms with E-state index in [0.717, 1.165) is 0 Å². The first-order chi connectivity index (χ1) is 8.49. The Kier molecular flexibility index (Phi) is 5.03. The van der Waals surface area contributed by atoms with Crippen LogP contribution in [0.1, 0.15) is 31.1 Å². The minimum absolute atomic E-state index is 0.0383. The van der Waals surface area contributed by atoms with Crippen LogP contribution in [0.15, 0.2) is 12.4 Å². The summed E-state index contributed by atoms with van der Waals surface area (Å²) in [6.07, 6.45) is 2.92. The molecule has 0 saturated heterocycles. The standard InChI is InChI=1S/C12H19N3O3/c1-4-15-6-10(5-13-15)11(17)12(18)14-9(3)8(2)7-16/h5-6,8-9,16H,4,7H2,1-3H3,(H,14,18). The first kappa shape index (κ1) is 14.4. The Labute approximate surface area is 106 Å². The molecule has 0 bridgehead atoms. The Balaban J connectivity index is 2.64. The van der Waals surface area contributed by atoms with Crippen molar-refractivity contribution in [3.63, 3.8) is 0 Å². The van der Waals surface area contributed by atoms with E-state index in [1.165, 1.54) is 6.20 Å². The predicted octanol–water partition coefficient (Wildman–Crippen LogP) is 0.219. The molecule has 2 atom stereocenters. The van der Waals surface area contributed by atoms with Crippen LogP contribution in [0.4, 0.5) is 0 Å². The summed E-state index contributed by atoms with van der Waals surface area (Å²) in [6.45, 7) is 6.05. The van der Waals surface area contributed by atoms with Crippen molar-refractivity contribution in [3.05, 3.63) is 18.0 Å². The fourth-order valence-corrected chi connectivity index (χ4v) is 1.36.